The minimum atomic E-state index is 0.0853. The second kappa shape index (κ2) is 4.22. The Balaban J connectivity index is 2.55. The Bertz CT molecular complexity index is 241. The van der Waals surface area contributed by atoms with E-state index in [2.05, 4.69) is 42.6 Å². The van der Waals surface area contributed by atoms with Gasteiger partial charge >= 0.3 is 0 Å². The van der Waals surface area contributed by atoms with Gasteiger partial charge in [0.1, 0.15) is 0 Å². The number of thiophene rings is 1. The highest BCUT2D eigenvalue weighted by molar-refractivity contribution is 7.07. The molecule has 0 atom stereocenters. The van der Waals surface area contributed by atoms with Gasteiger partial charge in [-0.3, -0.25) is 4.90 Å². The van der Waals surface area contributed by atoms with Crippen LogP contribution in [0.1, 0.15) is 19.4 Å². The van der Waals surface area contributed by atoms with Crippen LogP contribution in [0.5, 0.6) is 0 Å². The molecule has 0 unspecified atom stereocenters. The maximum absolute atomic E-state index is 5.70. The maximum atomic E-state index is 5.70. The molecule has 0 radical (unpaired) electrons. The van der Waals surface area contributed by atoms with Gasteiger partial charge < -0.3 is 5.73 Å². The summed E-state index contributed by atoms with van der Waals surface area (Å²) in [4.78, 5) is 2.29. The van der Waals surface area contributed by atoms with Crippen LogP contribution in [0.25, 0.3) is 0 Å². The zero-order valence-corrected chi connectivity index (χ0v) is 9.40. The molecule has 74 valence electrons. The van der Waals surface area contributed by atoms with Crippen LogP contribution in [0.3, 0.4) is 0 Å². The largest absolute Gasteiger partial charge is 0.329 e. The molecule has 0 aromatic carbocycles. The van der Waals surface area contributed by atoms with Crippen LogP contribution in [-0.4, -0.2) is 24.0 Å². The Labute approximate surface area is 84.4 Å². The summed E-state index contributed by atoms with van der Waals surface area (Å²) in [6.45, 7) is 6.00. The molecule has 0 aliphatic rings. The lowest BCUT2D eigenvalue weighted by atomic mass is 10.0. The van der Waals surface area contributed by atoms with Crippen molar-refractivity contribution in [3.63, 3.8) is 0 Å². The van der Waals surface area contributed by atoms with Crippen molar-refractivity contribution in [3.05, 3.63) is 22.4 Å². The SMILES string of the molecule is CN(Cc1ccsc1)C(C)(C)CN. The Morgan fingerprint density at radius 3 is 2.69 bits per heavy atom. The van der Waals surface area contributed by atoms with E-state index in [4.69, 9.17) is 5.73 Å². The molecule has 0 aliphatic carbocycles. The summed E-state index contributed by atoms with van der Waals surface area (Å²) < 4.78 is 0. The Kier molecular flexibility index (Phi) is 3.47. The minimum Gasteiger partial charge on any atom is -0.329 e. The number of rotatable bonds is 4. The molecule has 0 bridgehead atoms. The topological polar surface area (TPSA) is 29.3 Å². The minimum absolute atomic E-state index is 0.0853. The molecule has 1 heterocycles. The molecule has 0 amide bonds. The van der Waals surface area contributed by atoms with E-state index in [1.165, 1.54) is 5.56 Å². The summed E-state index contributed by atoms with van der Waals surface area (Å²) in [6.07, 6.45) is 0. The number of likely N-dealkylation sites (N-methyl/N-ethyl adjacent to an activating group) is 1. The smallest absolute Gasteiger partial charge is 0.0275 e. The maximum Gasteiger partial charge on any atom is 0.0275 e. The van der Waals surface area contributed by atoms with Crippen molar-refractivity contribution in [2.75, 3.05) is 13.6 Å². The third kappa shape index (κ3) is 2.79. The fraction of sp³-hybridized carbons (Fsp3) is 0.600. The van der Waals surface area contributed by atoms with Gasteiger partial charge in [0.15, 0.2) is 0 Å². The Morgan fingerprint density at radius 1 is 1.54 bits per heavy atom. The van der Waals surface area contributed by atoms with E-state index in [9.17, 15) is 0 Å². The van der Waals surface area contributed by atoms with Crippen molar-refractivity contribution >= 4 is 11.3 Å². The third-order valence-electron chi connectivity index (χ3n) is 2.53. The van der Waals surface area contributed by atoms with Gasteiger partial charge in [0.05, 0.1) is 0 Å². The van der Waals surface area contributed by atoms with E-state index in [1.54, 1.807) is 11.3 Å². The average Bonchev–Trinajstić information content (AvgIpc) is 2.57. The van der Waals surface area contributed by atoms with Gasteiger partial charge in [-0.25, -0.2) is 0 Å². The van der Waals surface area contributed by atoms with E-state index in [0.29, 0.717) is 6.54 Å². The highest BCUT2D eigenvalue weighted by Crippen LogP contribution is 2.15. The van der Waals surface area contributed by atoms with E-state index < -0.39 is 0 Å². The first-order valence-electron chi connectivity index (χ1n) is 4.48. The highest BCUT2D eigenvalue weighted by atomic mass is 32.1. The zero-order chi connectivity index (χ0) is 9.90. The molecular weight excluding hydrogens is 180 g/mol. The zero-order valence-electron chi connectivity index (χ0n) is 8.58. The summed E-state index contributed by atoms with van der Waals surface area (Å²) in [7, 11) is 2.12. The summed E-state index contributed by atoms with van der Waals surface area (Å²) in [5, 5.41) is 4.29. The van der Waals surface area contributed by atoms with Crippen molar-refractivity contribution in [1.29, 1.82) is 0 Å². The van der Waals surface area contributed by atoms with E-state index >= 15 is 0 Å². The van der Waals surface area contributed by atoms with Crippen molar-refractivity contribution in [1.82, 2.24) is 4.90 Å². The Hall–Kier alpha value is -0.380. The fourth-order valence-corrected chi connectivity index (χ4v) is 1.69. The molecule has 1 rings (SSSR count). The molecule has 2 nitrogen and oxygen atoms in total. The van der Waals surface area contributed by atoms with Crippen LogP contribution in [0.4, 0.5) is 0 Å². The van der Waals surface area contributed by atoms with Crippen LogP contribution in [-0.2, 0) is 6.54 Å². The van der Waals surface area contributed by atoms with Gasteiger partial charge in [-0.15, -0.1) is 0 Å². The lowest BCUT2D eigenvalue weighted by Crippen LogP contribution is -2.46. The standard InChI is InChI=1S/C10H18N2S/c1-10(2,8-11)12(3)6-9-4-5-13-7-9/h4-5,7H,6,8,11H2,1-3H3. The van der Waals surface area contributed by atoms with Gasteiger partial charge in [0.2, 0.25) is 0 Å². The summed E-state index contributed by atoms with van der Waals surface area (Å²) in [5.41, 5.74) is 7.15. The normalized spacial score (nSPS) is 12.4. The summed E-state index contributed by atoms with van der Waals surface area (Å²) in [5.74, 6) is 0. The first-order valence-corrected chi connectivity index (χ1v) is 5.43. The summed E-state index contributed by atoms with van der Waals surface area (Å²) in [6, 6.07) is 2.16. The van der Waals surface area contributed by atoms with Crippen molar-refractivity contribution in [2.24, 2.45) is 5.73 Å². The predicted octanol–water partition coefficient (Wildman–Crippen LogP) is 1.92. The van der Waals surface area contributed by atoms with Crippen LogP contribution in [0, 0.1) is 0 Å². The number of nitrogens with zero attached hydrogens (tertiary/aromatic N) is 1. The lowest BCUT2D eigenvalue weighted by molar-refractivity contribution is 0.156. The number of nitrogens with two attached hydrogens (primary N) is 1. The van der Waals surface area contributed by atoms with Crippen LogP contribution in [0.2, 0.25) is 0 Å². The van der Waals surface area contributed by atoms with Crippen LogP contribution >= 0.6 is 11.3 Å². The van der Waals surface area contributed by atoms with Crippen LogP contribution in [0.15, 0.2) is 16.8 Å². The van der Waals surface area contributed by atoms with Crippen LogP contribution < -0.4 is 5.73 Å². The molecule has 2 N–H and O–H groups in total. The van der Waals surface area contributed by atoms with E-state index in [-0.39, 0.29) is 5.54 Å². The van der Waals surface area contributed by atoms with Gasteiger partial charge in [0, 0.05) is 18.6 Å². The van der Waals surface area contributed by atoms with Crippen molar-refractivity contribution in [2.45, 2.75) is 25.9 Å². The molecule has 0 fully saturated rings. The molecule has 1 aromatic heterocycles. The van der Waals surface area contributed by atoms with Gasteiger partial charge in [-0.1, -0.05) is 0 Å². The summed E-state index contributed by atoms with van der Waals surface area (Å²) >= 11 is 1.74. The molecule has 1 aromatic rings. The first kappa shape index (κ1) is 10.7. The second-order valence-corrected chi connectivity index (χ2v) is 4.78. The fourth-order valence-electron chi connectivity index (χ4n) is 1.03. The molecule has 3 heteroatoms. The van der Waals surface area contributed by atoms with Gasteiger partial charge in [-0.05, 0) is 43.3 Å². The predicted molar refractivity (Wildman–Crippen MR) is 58.9 cm³/mol. The molecule has 0 saturated heterocycles. The van der Waals surface area contributed by atoms with Gasteiger partial charge in [0.25, 0.3) is 0 Å². The lowest BCUT2D eigenvalue weighted by Gasteiger charge is -2.34. The van der Waals surface area contributed by atoms with Crippen molar-refractivity contribution in [3.8, 4) is 0 Å². The molecule has 0 saturated carbocycles. The highest BCUT2D eigenvalue weighted by Gasteiger charge is 2.21. The van der Waals surface area contributed by atoms with Crippen molar-refractivity contribution < 1.29 is 0 Å². The monoisotopic (exact) mass is 198 g/mol. The van der Waals surface area contributed by atoms with Gasteiger partial charge in [-0.2, -0.15) is 11.3 Å². The third-order valence-corrected chi connectivity index (χ3v) is 3.26. The molecule has 13 heavy (non-hydrogen) atoms. The first-order chi connectivity index (χ1) is 6.06. The van der Waals surface area contributed by atoms with E-state index in [0.717, 1.165) is 6.54 Å². The average molecular weight is 198 g/mol. The quantitative estimate of drug-likeness (QED) is 0.801. The van der Waals surface area contributed by atoms with E-state index in [1.807, 2.05) is 0 Å². The second-order valence-electron chi connectivity index (χ2n) is 4.00. The Morgan fingerprint density at radius 2 is 2.23 bits per heavy atom. The number of hydrogen-bond donors (Lipinski definition) is 1. The molecule has 0 aliphatic heterocycles. The number of hydrogen-bond acceptors (Lipinski definition) is 3. The molecule has 0 spiro atoms. The molecular formula is C10H18N2S.